The molecule has 0 radical (unpaired) electrons. The molecule has 0 aromatic heterocycles. The molecule has 3 rings (SSSR count). The number of hydrogen-bond donors (Lipinski definition) is 1. The molecule has 20 heavy (non-hydrogen) atoms. The van der Waals surface area contributed by atoms with Crippen molar-refractivity contribution in [1.82, 2.24) is 0 Å². The highest BCUT2D eigenvalue weighted by Crippen LogP contribution is 2.44. The highest BCUT2D eigenvalue weighted by Gasteiger charge is 2.27. The van der Waals surface area contributed by atoms with E-state index in [-0.39, 0.29) is 12.5 Å². The summed E-state index contributed by atoms with van der Waals surface area (Å²) in [6.45, 7) is 2.27. The first-order valence-corrected chi connectivity index (χ1v) is 6.64. The lowest BCUT2D eigenvalue weighted by Crippen LogP contribution is -2.23. The van der Waals surface area contributed by atoms with Crippen LogP contribution >= 0.6 is 0 Å². The van der Waals surface area contributed by atoms with Gasteiger partial charge in [-0.3, -0.25) is 10.1 Å². The molecule has 1 aromatic rings. The van der Waals surface area contributed by atoms with Gasteiger partial charge in [0.25, 0.3) is 5.69 Å². The molecule has 2 aliphatic rings. The summed E-state index contributed by atoms with van der Waals surface area (Å²) >= 11 is 0. The number of anilines is 1. The molecular weight excluding hydrogens is 264 g/mol. The molecule has 1 aromatic carbocycles. The van der Waals surface area contributed by atoms with Crippen molar-refractivity contribution in [1.29, 1.82) is 0 Å². The van der Waals surface area contributed by atoms with E-state index in [4.69, 9.17) is 14.2 Å². The van der Waals surface area contributed by atoms with Crippen LogP contribution < -0.4 is 14.8 Å². The molecule has 7 heteroatoms. The number of rotatable bonds is 4. The van der Waals surface area contributed by atoms with Crippen molar-refractivity contribution in [2.45, 2.75) is 12.8 Å². The van der Waals surface area contributed by atoms with Crippen molar-refractivity contribution in [2.24, 2.45) is 5.92 Å². The molecule has 108 valence electrons. The normalized spacial score (nSPS) is 18.0. The van der Waals surface area contributed by atoms with Crippen LogP contribution in [0.25, 0.3) is 0 Å². The van der Waals surface area contributed by atoms with E-state index >= 15 is 0 Å². The van der Waals surface area contributed by atoms with Crippen LogP contribution in [-0.2, 0) is 4.74 Å². The predicted octanol–water partition coefficient (Wildman–Crippen LogP) is 2.16. The Labute approximate surface area is 116 Å². The fraction of sp³-hybridized carbons (Fsp3) is 0.538. The zero-order valence-electron chi connectivity index (χ0n) is 11.0. The average Bonchev–Trinajstić information content (AvgIpc) is 2.94. The summed E-state index contributed by atoms with van der Waals surface area (Å²) in [6.07, 6.45) is 1.93. The average molecular weight is 280 g/mol. The lowest BCUT2D eigenvalue weighted by atomic mass is 10.0. The maximum atomic E-state index is 11.1. The van der Waals surface area contributed by atoms with Crippen LogP contribution in [0.4, 0.5) is 11.4 Å². The molecular formula is C13H16N2O5. The van der Waals surface area contributed by atoms with E-state index in [9.17, 15) is 10.1 Å². The second-order valence-electron chi connectivity index (χ2n) is 4.89. The van der Waals surface area contributed by atoms with Crippen LogP contribution in [0.15, 0.2) is 12.1 Å². The van der Waals surface area contributed by atoms with Crippen molar-refractivity contribution in [3.63, 3.8) is 0 Å². The highest BCUT2D eigenvalue weighted by atomic mass is 16.7. The summed E-state index contributed by atoms with van der Waals surface area (Å²) in [5, 5.41) is 14.3. The van der Waals surface area contributed by atoms with Gasteiger partial charge in [0, 0.05) is 25.8 Å². The minimum absolute atomic E-state index is 0.0151. The van der Waals surface area contributed by atoms with Crippen LogP contribution in [0.5, 0.6) is 11.5 Å². The van der Waals surface area contributed by atoms with Crippen LogP contribution in [0.1, 0.15) is 12.8 Å². The number of benzene rings is 1. The number of nitro benzene ring substituents is 1. The number of nitrogens with zero attached hydrogens (tertiary/aromatic N) is 1. The molecule has 1 fully saturated rings. The third kappa shape index (κ3) is 2.49. The maximum Gasteiger partial charge on any atom is 0.296 e. The molecule has 0 aliphatic carbocycles. The molecule has 0 spiro atoms. The minimum atomic E-state index is -0.408. The van der Waals surface area contributed by atoms with E-state index < -0.39 is 4.92 Å². The Hall–Kier alpha value is -2.02. The molecule has 0 bridgehead atoms. The van der Waals surface area contributed by atoms with Crippen molar-refractivity contribution in [3.8, 4) is 11.5 Å². The zero-order valence-corrected chi connectivity index (χ0v) is 11.0. The van der Waals surface area contributed by atoms with Crippen LogP contribution in [0, 0.1) is 16.0 Å². The predicted molar refractivity (Wildman–Crippen MR) is 71.3 cm³/mol. The Balaban J connectivity index is 1.79. The second kappa shape index (κ2) is 5.54. The van der Waals surface area contributed by atoms with Crippen molar-refractivity contribution >= 4 is 11.4 Å². The third-order valence-electron chi connectivity index (χ3n) is 3.62. The molecule has 2 aliphatic heterocycles. The van der Waals surface area contributed by atoms with E-state index in [1.165, 1.54) is 6.07 Å². The monoisotopic (exact) mass is 280 g/mol. The first-order chi connectivity index (χ1) is 9.75. The van der Waals surface area contributed by atoms with Gasteiger partial charge in [-0.05, 0) is 24.8 Å². The van der Waals surface area contributed by atoms with Crippen LogP contribution in [0.3, 0.4) is 0 Å². The number of ether oxygens (including phenoxy) is 3. The van der Waals surface area contributed by atoms with Gasteiger partial charge in [-0.25, -0.2) is 0 Å². The summed E-state index contributed by atoms with van der Waals surface area (Å²) in [4.78, 5) is 10.7. The Bertz CT molecular complexity index is 514. The quantitative estimate of drug-likeness (QED) is 0.672. The standard InChI is InChI=1S/C13H16N2O5/c16-15(17)10-1-2-11-13(20-8-19-11)12(10)14-7-9-3-5-18-6-4-9/h1-2,9,14H,3-8H2. The molecule has 0 saturated carbocycles. The molecule has 0 unspecified atom stereocenters. The van der Waals surface area contributed by atoms with Crippen molar-refractivity contribution in [3.05, 3.63) is 22.2 Å². The molecule has 0 amide bonds. The van der Waals surface area contributed by atoms with Gasteiger partial charge in [0.05, 0.1) is 4.92 Å². The van der Waals surface area contributed by atoms with Crippen molar-refractivity contribution in [2.75, 3.05) is 31.9 Å². The Morgan fingerprint density at radius 3 is 2.85 bits per heavy atom. The third-order valence-corrected chi connectivity index (χ3v) is 3.62. The molecule has 7 nitrogen and oxygen atoms in total. The van der Waals surface area contributed by atoms with Crippen LogP contribution in [-0.4, -0.2) is 31.5 Å². The smallest absolute Gasteiger partial charge is 0.296 e. The van der Waals surface area contributed by atoms with Gasteiger partial charge >= 0.3 is 0 Å². The van der Waals surface area contributed by atoms with E-state index in [1.807, 2.05) is 0 Å². The SMILES string of the molecule is O=[N+]([O-])c1ccc2c(c1NCC1CCOCC1)OCO2. The van der Waals surface area contributed by atoms with E-state index in [0.29, 0.717) is 29.6 Å². The van der Waals surface area contributed by atoms with E-state index in [1.54, 1.807) is 6.07 Å². The highest BCUT2D eigenvalue weighted by molar-refractivity contribution is 5.75. The molecule has 1 saturated heterocycles. The number of fused-ring (bicyclic) bond motifs is 1. The van der Waals surface area contributed by atoms with Gasteiger partial charge in [0.2, 0.25) is 6.79 Å². The van der Waals surface area contributed by atoms with Crippen LogP contribution in [0.2, 0.25) is 0 Å². The topological polar surface area (TPSA) is 82.9 Å². The van der Waals surface area contributed by atoms with Gasteiger partial charge in [-0.2, -0.15) is 0 Å². The lowest BCUT2D eigenvalue weighted by molar-refractivity contribution is -0.384. The fourth-order valence-corrected chi connectivity index (χ4v) is 2.48. The first kappa shape index (κ1) is 13.0. The fourth-order valence-electron chi connectivity index (χ4n) is 2.48. The maximum absolute atomic E-state index is 11.1. The molecule has 2 heterocycles. The van der Waals surface area contributed by atoms with E-state index in [0.717, 1.165) is 26.1 Å². The van der Waals surface area contributed by atoms with Gasteiger partial charge in [0.15, 0.2) is 17.2 Å². The molecule has 0 atom stereocenters. The summed E-state index contributed by atoms with van der Waals surface area (Å²) in [5.74, 6) is 1.44. The molecule has 1 N–H and O–H groups in total. The van der Waals surface area contributed by atoms with Gasteiger partial charge in [-0.1, -0.05) is 0 Å². The van der Waals surface area contributed by atoms with Crippen molar-refractivity contribution < 1.29 is 19.1 Å². The summed E-state index contributed by atoms with van der Waals surface area (Å²) in [6, 6.07) is 3.01. The minimum Gasteiger partial charge on any atom is -0.453 e. The zero-order chi connectivity index (χ0) is 13.9. The first-order valence-electron chi connectivity index (χ1n) is 6.64. The number of nitrogens with one attached hydrogen (secondary N) is 1. The van der Waals surface area contributed by atoms with E-state index in [2.05, 4.69) is 5.32 Å². The summed E-state index contributed by atoms with van der Waals surface area (Å²) < 4.78 is 15.9. The van der Waals surface area contributed by atoms with Gasteiger partial charge < -0.3 is 19.5 Å². The number of hydrogen-bond acceptors (Lipinski definition) is 6. The lowest BCUT2D eigenvalue weighted by Gasteiger charge is -2.22. The largest absolute Gasteiger partial charge is 0.453 e. The summed E-state index contributed by atoms with van der Waals surface area (Å²) in [5.41, 5.74) is 0.429. The Kier molecular flexibility index (Phi) is 3.60. The Morgan fingerprint density at radius 2 is 2.10 bits per heavy atom. The second-order valence-corrected chi connectivity index (χ2v) is 4.89. The summed E-state index contributed by atoms with van der Waals surface area (Å²) in [7, 11) is 0. The Morgan fingerprint density at radius 1 is 1.30 bits per heavy atom. The number of nitro groups is 1. The van der Waals surface area contributed by atoms with Gasteiger partial charge in [-0.15, -0.1) is 0 Å². The van der Waals surface area contributed by atoms with Gasteiger partial charge in [0.1, 0.15) is 0 Å².